The topological polar surface area (TPSA) is 106 Å². The second-order valence-electron chi connectivity index (χ2n) is 7.61. The largest absolute Gasteiger partial charge is 0.381 e. The average molecular weight is 504 g/mol. The maximum absolute atomic E-state index is 12.6. The summed E-state index contributed by atoms with van der Waals surface area (Å²) in [5.41, 5.74) is 1.89. The molecule has 1 fully saturated rings. The molecular formula is C25H21N5O3S2. The number of fused-ring (bicyclic) bond motifs is 2. The predicted molar refractivity (Wildman–Crippen MR) is 139 cm³/mol. The van der Waals surface area contributed by atoms with Gasteiger partial charge in [-0.1, -0.05) is 53.0 Å². The van der Waals surface area contributed by atoms with Gasteiger partial charge >= 0.3 is 0 Å². The molecule has 2 N–H and O–H groups in total. The average Bonchev–Trinajstić information content (AvgIpc) is 3.65. The molecule has 4 heterocycles. The van der Waals surface area contributed by atoms with Crippen LogP contribution in [0, 0.1) is 0 Å². The number of thiazole rings is 2. The van der Waals surface area contributed by atoms with Gasteiger partial charge in [-0.15, -0.1) is 0 Å². The molecule has 0 aliphatic carbocycles. The van der Waals surface area contributed by atoms with Crippen molar-refractivity contribution in [3.05, 3.63) is 78.1 Å². The number of hydrogen-bond acceptors (Lipinski definition) is 8. The predicted octanol–water partition coefficient (Wildman–Crippen LogP) is 5.60. The lowest BCUT2D eigenvalue weighted by Gasteiger charge is -2.04. The van der Waals surface area contributed by atoms with E-state index < -0.39 is 11.8 Å². The summed E-state index contributed by atoms with van der Waals surface area (Å²) >= 11 is 2.75. The first kappa shape index (κ1) is 23.0. The lowest BCUT2D eigenvalue weighted by atomic mass is 10.3. The van der Waals surface area contributed by atoms with Crippen LogP contribution in [0.15, 0.2) is 66.7 Å². The van der Waals surface area contributed by atoms with E-state index in [0.717, 1.165) is 33.6 Å². The van der Waals surface area contributed by atoms with Crippen LogP contribution in [0.3, 0.4) is 0 Å². The van der Waals surface area contributed by atoms with Crippen LogP contribution in [0.25, 0.3) is 20.4 Å². The number of hydrogen-bond donors (Lipinski definition) is 2. The summed E-state index contributed by atoms with van der Waals surface area (Å²) in [4.78, 5) is 38.2. The SMILES string of the molecule is C1CCOC1.O=C(Nc1nc2ccccc2s1)c1cccc(C(=O)Nc2nc3ccccc3s2)n1. The van der Waals surface area contributed by atoms with Crippen LogP contribution in [-0.4, -0.2) is 40.0 Å². The molecule has 10 heteroatoms. The summed E-state index contributed by atoms with van der Waals surface area (Å²) < 4.78 is 6.90. The van der Waals surface area contributed by atoms with Gasteiger partial charge in [0.15, 0.2) is 10.3 Å². The third-order valence-electron chi connectivity index (χ3n) is 5.07. The number of rotatable bonds is 4. The number of ether oxygens (including phenoxy) is 1. The van der Waals surface area contributed by atoms with Gasteiger partial charge in [-0.3, -0.25) is 20.2 Å². The molecule has 35 heavy (non-hydrogen) atoms. The van der Waals surface area contributed by atoms with Crippen molar-refractivity contribution in [1.82, 2.24) is 15.0 Å². The highest BCUT2D eigenvalue weighted by Gasteiger charge is 2.15. The number of aromatic nitrogens is 3. The highest BCUT2D eigenvalue weighted by atomic mass is 32.1. The fourth-order valence-corrected chi connectivity index (χ4v) is 5.09. The van der Waals surface area contributed by atoms with E-state index in [1.54, 1.807) is 18.2 Å². The van der Waals surface area contributed by atoms with Gasteiger partial charge in [-0.05, 0) is 49.2 Å². The van der Waals surface area contributed by atoms with Crippen molar-refractivity contribution >= 4 is 65.2 Å². The minimum atomic E-state index is -0.427. The molecular weight excluding hydrogens is 482 g/mol. The van der Waals surface area contributed by atoms with E-state index in [9.17, 15) is 9.59 Å². The number of pyridine rings is 1. The number of carbonyl (C=O) groups excluding carboxylic acids is 2. The maximum atomic E-state index is 12.6. The van der Waals surface area contributed by atoms with Gasteiger partial charge in [0.1, 0.15) is 11.4 Å². The number of anilines is 2. The molecule has 0 bridgehead atoms. The number of nitrogens with one attached hydrogen (secondary N) is 2. The monoisotopic (exact) mass is 503 g/mol. The Bertz CT molecular complexity index is 1320. The van der Waals surface area contributed by atoms with E-state index in [-0.39, 0.29) is 11.4 Å². The molecule has 2 amide bonds. The third-order valence-corrected chi connectivity index (χ3v) is 6.97. The second-order valence-corrected chi connectivity index (χ2v) is 9.67. The Morgan fingerprint density at radius 2 is 1.14 bits per heavy atom. The zero-order valence-electron chi connectivity index (χ0n) is 18.6. The smallest absolute Gasteiger partial charge is 0.276 e. The quantitative estimate of drug-likeness (QED) is 0.331. The van der Waals surface area contributed by atoms with Gasteiger partial charge in [0.05, 0.1) is 20.4 Å². The first-order valence-electron chi connectivity index (χ1n) is 11.0. The molecule has 1 aliphatic heterocycles. The highest BCUT2D eigenvalue weighted by molar-refractivity contribution is 7.22. The summed E-state index contributed by atoms with van der Waals surface area (Å²) in [5.74, 6) is -0.854. The zero-order valence-corrected chi connectivity index (χ0v) is 20.2. The van der Waals surface area contributed by atoms with Crippen LogP contribution in [0.2, 0.25) is 0 Å². The number of nitrogens with zero attached hydrogens (tertiary/aromatic N) is 3. The van der Waals surface area contributed by atoms with Crippen molar-refractivity contribution in [2.45, 2.75) is 12.8 Å². The van der Waals surface area contributed by atoms with Crippen molar-refractivity contribution in [2.24, 2.45) is 0 Å². The standard InChI is InChI=1S/C21H13N5O2S2.C4H8O/c27-18(25-20-23-12-6-1-3-10-16(12)29-20)14-8-5-9-15(22-14)19(28)26-21-24-13-7-2-4-11-17(13)30-21;1-2-4-5-3-1/h1-11H,(H,23,25,27)(H,24,26,28);1-4H2. The van der Waals surface area contributed by atoms with E-state index >= 15 is 0 Å². The van der Waals surface area contributed by atoms with Gasteiger partial charge in [0.2, 0.25) is 0 Å². The second kappa shape index (κ2) is 10.7. The summed E-state index contributed by atoms with van der Waals surface area (Å²) in [7, 11) is 0. The Morgan fingerprint density at radius 3 is 1.57 bits per heavy atom. The van der Waals surface area contributed by atoms with Gasteiger partial charge < -0.3 is 4.74 Å². The zero-order chi connectivity index (χ0) is 24.0. The van der Waals surface area contributed by atoms with Crippen LogP contribution >= 0.6 is 22.7 Å². The Kier molecular flexibility index (Phi) is 7.03. The first-order chi connectivity index (χ1) is 17.2. The van der Waals surface area contributed by atoms with E-state index in [1.165, 1.54) is 35.5 Å². The van der Waals surface area contributed by atoms with Gasteiger partial charge in [-0.25, -0.2) is 15.0 Å². The Labute approximate surface area is 209 Å². The van der Waals surface area contributed by atoms with Crippen LogP contribution in [0.5, 0.6) is 0 Å². The normalized spacial score (nSPS) is 12.8. The fourth-order valence-electron chi connectivity index (χ4n) is 3.37. The van der Waals surface area contributed by atoms with Crippen molar-refractivity contribution in [1.29, 1.82) is 0 Å². The molecule has 1 aliphatic rings. The van der Waals surface area contributed by atoms with Crippen molar-refractivity contribution in [2.75, 3.05) is 23.8 Å². The van der Waals surface area contributed by atoms with Crippen LogP contribution < -0.4 is 10.6 Å². The van der Waals surface area contributed by atoms with E-state index in [2.05, 4.69) is 25.6 Å². The van der Waals surface area contributed by atoms with Crippen LogP contribution in [-0.2, 0) is 4.74 Å². The fraction of sp³-hybridized carbons (Fsp3) is 0.160. The number of benzene rings is 2. The van der Waals surface area contributed by atoms with Crippen LogP contribution in [0.4, 0.5) is 10.3 Å². The minimum Gasteiger partial charge on any atom is -0.381 e. The Morgan fingerprint density at radius 1 is 0.657 bits per heavy atom. The number of amides is 2. The summed E-state index contributed by atoms with van der Waals surface area (Å²) in [5, 5.41) is 6.45. The molecule has 0 radical (unpaired) electrons. The Balaban J connectivity index is 0.000000453. The lowest BCUT2D eigenvalue weighted by Crippen LogP contribution is -2.18. The molecule has 6 rings (SSSR count). The molecule has 2 aromatic carbocycles. The first-order valence-corrected chi connectivity index (χ1v) is 12.7. The summed E-state index contributed by atoms with van der Waals surface area (Å²) in [6.45, 7) is 2.00. The molecule has 5 aromatic rings. The maximum Gasteiger partial charge on any atom is 0.276 e. The van der Waals surface area contributed by atoms with E-state index in [0.29, 0.717) is 10.3 Å². The molecule has 0 atom stereocenters. The van der Waals surface area contributed by atoms with Crippen molar-refractivity contribution in [3.8, 4) is 0 Å². The minimum absolute atomic E-state index is 0.131. The van der Waals surface area contributed by atoms with Gasteiger partial charge in [0.25, 0.3) is 11.8 Å². The molecule has 1 saturated heterocycles. The van der Waals surface area contributed by atoms with Crippen LogP contribution in [0.1, 0.15) is 33.8 Å². The van der Waals surface area contributed by atoms with Crippen molar-refractivity contribution in [3.63, 3.8) is 0 Å². The summed E-state index contributed by atoms with van der Waals surface area (Å²) in [6, 6.07) is 20.0. The van der Waals surface area contributed by atoms with E-state index in [4.69, 9.17) is 4.74 Å². The molecule has 176 valence electrons. The molecule has 8 nitrogen and oxygen atoms in total. The Hall–Kier alpha value is -3.73. The van der Waals surface area contributed by atoms with Gasteiger partial charge in [0, 0.05) is 13.2 Å². The molecule has 3 aromatic heterocycles. The van der Waals surface area contributed by atoms with Crippen molar-refractivity contribution < 1.29 is 14.3 Å². The lowest BCUT2D eigenvalue weighted by molar-refractivity contribution is 0.101. The molecule has 0 saturated carbocycles. The molecule has 0 unspecified atom stereocenters. The number of carbonyl (C=O) groups is 2. The molecule has 0 spiro atoms. The highest BCUT2D eigenvalue weighted by Crippen LogP contribution is 2.26. The van der Waals surface area contributed by atoms with Gasteiger partial charge in [-0.2, -0.15) is 0 Å². The third kappa shape index (κ3) is 5.68. The number of para-hydroxylation sites is 2. The van der Waals surface area contributed by atoms with E-state index in [1.807, 2.05) is 48.5 Å². The summed E-state index contributed by atoms with van der Waals surface area (Å²) in [6.07, 6.45) is 2.56.